The van der Waals surface area contributed by atoms with Gasteiger partial charge in [-0.15, -0.1) is 0 Å². The summed E-state index contributed by atoms with van der Waals surface area (Å²) < 4.78 is 0. The molecule has 1 atom stereocenters. The van der Waals surface area contributed by atoms with E-state index in [4.69, 9.17) is 5.11 Å². The van der Waals surface area contributed by atoms with Crippen molar-refractivity contribution < 1.29 is 5.11 Å². The Morgan fingerprint density at radius 2 is 2.25 bits per heavy atom. The van der Waals surface area contributed by atoms with Gasteiger partial charge in [-0.25, -0.2) is 0 Å². The number of allylic oxidation sites excluding steroid dienone is 5. The highest BCUT2D eigenvalue weighted by molar-refractivity contribution is 5.23. The monoisotopic (exact) mass is 166 g/mol. The maximum absolute atomic E-state index is 8.73. The quantitative estimate of drug-likeness (QED) is 0.622. The van der Waals surface area contributed by atoms with Crippen molar-refractivity contribution in [1.29, 1.82) is 0 Å². The summed E-state index contributed by atoms with van der Waals surface area (Å²) in [5, 5.41) is 8.73. The highest BCUT2D eigenvalue weighted by atomic mass is 16.3. The second-order valence-electron chi connectivity index (χ2n) is 2.81. The molecule has 0 aliphatic heterocycles. The van der Waals surface area contributed by atoms with Gasteiger partial charge in [0, 0.05) is 6.61 Å². The first kappa shape index (κ1) is 11.2. The van der Waals surface area contributed by atoms with Crippen LogP contribution in [-0.4, -0.2) is 11.7 Å². The summed E-state index contributed by atoms with van der Waals surface area (Å²) in [6, 6.07) is 0. The molecule has 0 aliphatic rings. The van der Waals surface area contributed by atoms with Crippen molar-refractivity contribution in [1.82, 2.24) is 0 Å². The third-order valence-corrected chi connectivity index (χ3v) is 1.85. The highest BCUT2D eigenvalue weighted by Crippen LogP contribution is 2.14. The Morgan fingerprint density at radius 1 is 1.58 bits per heavy atom. The van der Waals surface area contributed by atoms with Crippen molar-refractivity contribution >= 4 is 0 Å². The van der Waals surface area contributed by atoms with E-state index in [-0.39, 0.29) is 6.61 Å². The second kappa shape index (κ2) is 6.86. The van der Waals surface area contributed by atoms with Gasteiger partial charge in [0.1, 0.15) is 0 Å². The molecule has 0 bridgehead atoms. The fourth-order valence-corrected chi connectivity index (χ4v) is 1.00. The smallest absolute Gasteiger partial charge is 0.0436 e. The van der Waals surface area contributed by atoms with E-state index < -0.39 is 0 Å². The van der Waals surface area contributed by atoms with Crippen LogP contribution in [0.3, 0.4) is 0 Å². The molecule has 1 unspecified atom stereocenters. The average Bonchev–Trinajstić information content (AvgIpc) is 2.06. The molecule has 0 aliphatic carbocycles. The molecule has 0 rings (SSSR count). The van der Waals surface area contributed by atoms with Crippen LogP contribution in [0.4, 0.5) is 0 Å². The summed E-state index contributed by atoms with van der Waals surface area (Å²) in [4.78, 5) is 0. The lowest BCUT2D eigenvalue weighted by Gasteiger charge is -2.09. The molecule has 68 valence electrons. The van der Waals surface area contributed by atoms with E-state index in [1.165, 1.54) is 5.57 Å². The van der Waals surface area contributed by atoms with Crippen molar-refractivity contribution in [3.05, 3.63) is 36.5 Å². The Balaban J connectivity index is 4.22. The molecule has 1 nitrogen and oxygen atoms in total. The molecule has 1 N–H and O–H groups in total. The maximum Gasteiger partial charge on any atom is 0.0436 e. The number of hydrogen-bond donors (Lipinski definition) is 1. The zero-order chi connectivity index (χ0) is 9.40. The van der Waals surface area contributed by atoms with Gasteiger partial charge in [0.2, 0.25) is 0 Å². The van der Waals surface area contributed by atoms with E-state index in [9.17, 15) is 0 Å². The summed E-state index contributed by atoms with van der Waals surface area (Å²) in [6.07, 6.45) is 8.66. The van der Waals surface area contributed by atoms with Crippen LogP contribution in [-0.2, 0) is 0 Å². The predicted molar refractivity (Wildman–Crippen MR) is 54.0 cm³/mol. The van der Waals surface area contributed by atoms with Crippen molar-refractivity contribution in [3.63, 3.8) is 0 Å². The Morgan fingerprint density at radius 3 is 2.67 bits per heavy atom. The maximum atomic E-state index is 8.73. The zero-order valence-electron chi connectivity index (χ0n) is 7.96. The van der Waals surface area contributed by atoms with Crippen molar-refractivity contribution in [3.8, 4) is 0 Å². The fraction of sp³-hybridized carbons (Fsp3) is 0.455. The normalized spacial score (nSPS) is 15.1. The molecule has 0 saturated carbocycles. The van der Waals surface area contributed by atoms with Crippen LogP contribution in [0, 0.1) is 5.92 Å². The first-order valence-corrected chi connectivity index (χ1v) is 4.32. The molecule has 0 fully saturated rings. The van der Waals surface area contributed by atoms with Crippen LogP contribution in [0.1, 0.15) is 20.3 Å². The third kappa shape index (κ3) is 4.14. The average molecular weight is 166 g/mol. The number of aliphatic hydroxyl groups is 1. The van der Waals surface area contributed by atoms with Gasteiger partial charge in [0.05, 0.1) is 0 Å². The molecular weight excluding hydrogens is 148 g/mol. The van der Waals surface area contributed by atoms with Gasteiger partial charge >= 0.3 is 0 Å². The van der Waals surface area contributed by atoms with Crippen LogP contribution in [0.25, 0.3) is 0 Å². The van der Waals surface area contributed by atoms with Crippen LogP contribution in [0.5, 0.6) is 0 Å². The Hall–Kier alpha value is -0.820. The lowest BCUT2D eigenvalue weighted by molar-refractivity contribution is 0.272. The minimum atomic E-state index is 0.238. The van der Waals surface area contributed by atoms with E-state index >= 15 is 0 Å². The molecule has 0 aromatic rings. The lowest BCUT2D eigenvalue weighted by atomic mass is 9.97. The van der Waals surface area contributed by atoms with Gasteiger partial charge in [-0.3, -0.25) is 0 Å². The minimum absolute atomic E-state index is 0.238. The highest BCUT2D eigenvalue weighted by Gasteiger charge is 2.02. The van der Waals surface area contributed by atoms with Crippen LogP contribution in [0.2, 0.25) is 0 Å². The molecule has 0 radical (unpaired) electrons. The summed E-state index contributed by atoms with van der Waals surface area (Å²) in [6.45, 7) is 8.04. The standard InChI is InChI=1S/C11H18O/c1-4-6-7-11(5-2)10(3)8-9-12/h4-7,10,12H,2,8-9H2,1,3H3/b6-4-,11-7+. The van der Waals surface area contributed by atoms with E-state index in [0.29, 0.717) is 5.92 Å². The van der Waals surface area contributed by atoms with Gasteiger partial charge in [0.15, 0.2) is 0 Å². The van der Waals surface area contributed by atoms with Crippen LogP contribution in [0.15, 0.2) is 36.5 Å². The van der Waals surface area contributed by atoms with Crippen LogP contribution >= 0.6 is 0 Å². The number of aliphatic hydroxyl groups excluding tert-OH is 1. The fourth-order valence-electron chi connectivity index (χ4n) is 1.00. The molecule has 0 aromatic heterocycles. The molecule has 0 aromatic carbocycles. The molecule has 1 heteroatoms. The van der Waals surface area contributed by atoms with Gasteiger partial charge < -0.3 is 5.11 Å². The Kier molecular flexibility index (Phi) is 6.39. The summed E-state index contributed by atoms with van der Waals surface area (Å²) >= 11 is 0. The summed E-state index contributed by atoms with van der Waals surface area (Å²) in [5.41, 5.74) is 1.18. The largest absolute Gasteiger partial charge is 0.396 e. The second-order valence-corrected chi connectivity index (χ2v) is 2.81. The molecule has 12 heavy (non-hydrogen) atoms. The number of hydrogen-bond acceptors (Lipinski definition) is 1. The summed E-state index contributed by atoms with van der Waals surface area (Å²) in [7, 11) is 0. The van der Waals surface area contributed by atoms with Gasteiger partial charge in [-0.1, -0.05) is 37.8 Å². The minimum Gasteiger partial charge on any atom is -0.396 e. The van der Waals surface area contributed by atoms with Crippen molar-refractivity contribution in [2.24, 2.45) is 5.92 Å². The van der Waals surface area contributed by atoms with Gasteiger partial charge in [-0.2, -0.15) is 0 Å². The van der Waals surface area contributed by atoms with Crippen LogP contribution < -0.4 is 0 Å². The molecule has 0 heterocycles. The number of rotatable bonds is 5. The van der Waals surface area contributed by atoms with Gasteiger partial charge in [0.25, 0.3) is 0 Å². The zero-order valence-corrected chi connectivity index (χ0v) is 7.96. The summed E-state index contributed by atoms with van der Waals surface area (Å²) in [5.74, 6) is 0.392. The predicted octanol–water partition coefficient (Wildman–Crippen LogP) is 2.69. The van der Waals surface area contributed by atoms with E-state index in [1.54, 1.807) is 0 Å². The van der Waals surface area contributed by atoms with Crippen molar-refractivity contribution in [2.45, 2.75) is 20.3 Å². The first-order valence-electron chi connectivity index (χ1n) is 4.32. The molecule has 0 saturated heterocycles. The van der Waals surface area contributed by atoms with E-state index in [1.807, 2.05) is 31.2 Å². The first-order chi connectivity index (χ1) is 5.76. The van der Waals surface area contributed by atoms with E-state index in [0.717, 1.165) is 6.42 Å². The lowest BCUT2D eigenvalue weighted by Crippen LogP contribution is -1.99. The SMILES string of the molecule is C=C/C(=C\C=C/C)C(C)CCO. The Bertz CT molecular complexity index is 177. The molecule has 0 spiro atoms. The van der Waals surface area contributed by atoms with Crippen molar-refractivity contribution in [2.75, 3.05) is 6.61 Å². The van der Waals surface area contributed by atoms with Gasteiger partial charge in [-0.05, 0) is 24.8 Å². The Labute approximate surface area is 75.1 Å². The van der Waals surface area contributed by atoms with E-state index in [2.05, 4.69) is 13.5 Å². The molecular formula is C11H18O. The molecule has 0 amide bonds. The topological polar surface area (TPSA) is 20.2 Å². The third-order valence-electron chi connectivity index (χ3n) is 1.85.